The Morgan fingerprint density at radius 2 is 0.671 bits per heavy atom. The Kier molecular flexibility index (Phi) is 9.96. The predicted molar refractivity (Wildman–Crippen MR) is 323 cm³/mol. The molecule has 3 nitrogen and oxygen atoms in total. The Bertz CT molecular complexity index is 4300. The van der Waals surface area contributed by atoms with Gasteiger partial charge in [0.25, 0.3) is 0 Å². The average Bonchev–Trinajstić information content (AvgIpc) is 4.39. The Labute approximate surface area is 461 Å². The van der Waals surface area contributed by atoms with Gasteiger partial charge in [0.15, 0.2) is 5.78 Å². The van der Waals surface area contributed by atoms with Gasteiger partial charge in [-0.3, -0.25) is 4.79 Å². The molecule has 2 atom stereocenters. The fourth-order valence-corrected chi connectivity index (χ4v) is 14.6. The monoisotopic (exact) mass is 1010 g/mol. The van der Waals surface area contributed by atoms with Crippen molar-refractivity contribution < 1.29 is 4.79 Å². The molecule has 0 aliphatic heterocycles. The number of ketones is 1. The van der Waals surface area contributed by atoms with E-state index in [0.29, 0.717) is 17.0 Å². The second-order valence-corrected chi connectivity index (χ2v) is 21.9. The van der Waals surface area contributed by atoms with E-state index >= 15 is 4.79 Å². The second kappa shape index (κ2) is 17.3. The standard InChI is InChI=1S/C76H52N2O/c1-49-20-19-27-55(44-49)78(54-25-9-4-10-26-54)57-39-43-65-64-42-38-56(77(52-21-5-2-6-22-52)53-23-7-3-8-24-53)47-72(64)76(73(65)48-57)69-35-18-14-31-61(69)63-41-37-51(46-71(63)76)74(79)50-36-40-62-60-30-13-17-34-68(60)75(70(62)45-50)66-32-15-11-28-58(66)59-29-12-16-33-67(59)75/h2-43,45-49H,44H2,1H3. The van der Waals surface area contributed by atoms with Gasteiger partial charge in [0.05, 0.1) is 10.8 Å². The normalized spacial score (nSPS) is 16.7. The predicted octanol–water partition coefficient (Wildman–Crippen LogP) is 18.7. The zero-order valence-electron chi connectivity index (χ0n) is 43.6. The highest BCUT2D eigenvalue weighted by molar-refractivity contribution is 6.11. The Balaban J connectivity index is 0.923. The molecule has 0 bridgehead atoms. The summed E-state index contributed by atoms with van der Waals surface area (Å²) in [5.41, 5.74) is 25.9. The molecule has 0 amide bonds. The van der Waals surface area contributed by atoms with E-state index in [9.17, 15) is 0 Å². The van der Waals surface area contributed by atoms with Gasteiger partial charge in [-0.15, -0.1) is 0 Å². The lowest BCUT2D eigenvalue weighted by atomic mass is 9.69. The summed E-state index contributed by atoms with van der Waals surface area (Å²) in [6.07, 6.45) is 7.70. The van der Waals surface area contributed by atoms with Gasteiger partial charge in [0.2, 0.25) is 0 Å². The average molecular weight is 1010 g/mol. The van der Waals surface area contributed by atoms with E-state index < -0.39 is 10.8 Å². The molecule has 0 aromatic heterocycles. The largest absolute Gasteiger partial charge is 0.314 e. The van der Waals surface area contributed by atoms with Crippen LogP contribution in [-0.4, -0.2) is 5.78 Å². The molecule has 0 saturated carbocycles. The summed E-state index contributed by atoms with van der Waals surface area (Å²) >= 11 is 0. The maximum Gasteiger partial charge on any atom is 0.193 e. The lowest BCUT2D eigenvalue weighted by molar-refractivity contribution is 0.103. The van der Waals surface area contributed by atoms with Crippen LogP contribution in [0.3, 0.4) is 0 Å². The van der Waals surface area contributed by atoms with Gasteiger partial charge in [0, 0.05) is 45.3 Å². The molecule has 79 heavy (non-hydrogen) atoms. The van der Waals surface area contributed by atoms with Crippen molar-refractivity contribution in [2.24, 2.45) is 5.92 Å². The smallest absolute Gasteiger partial charge is 0.193 e. The molecule has 0 fully saturated rings. The van der Waals surface area contributed by atoms with Crippen LogP contribution in [0, 0.1) is 5.92 Å². The van der Waals surface area contributed by atoms with Gasteiger partial charge in [-0.25, -0.2) is 0 Å². The number of anilines is 5. The summed E-state index contributed by atoms with van der Waals surface area (Å²) in [4.78, 5) is 20.7. The minimum atomic E-state index is -0.796. The molecule has 3 heteroatoms. The maximum atomic E-state index is 15.9. The first-order chi connectivity index (χ1) is 39.0. The summed E-state index contributed by atoms with van der Waals surface area (Å²) in [5.74, 6) is 0.400. The summed E-state index contributed by atoms with van der Waals surface area (Å²) in [7, 11) is 0. The number of hydrogen-bond donors (Lipinski definition) is 0. The van der Waals surface area contributed by atoms with Crippen LogP contribution in [0.25, 0.3) is 44.5 Å². The van der Waals surface area contributed by atoms with Crippen LogP contribution in [0.15, 0.2) is 285 Å². The maximum absolute atomic E-state index is 15.9. The number of hydrogen-bond acceptors (Lipinski definition) is 3. The molecule has 5 aliphatic carbocycles. The van der Waals surface area contributed by atoms with E-state index in [2.05, 4.69) is 296 Å². The van der Waals surface area contributed by atoms with Crippen molar-refractivity contribution in [3.8, 4) is 44.5 Å². The summed E-state index contributed by atoms with van der Waals surface area (Å²) in [6, 6.07) is 95.0. The highest BCUT2D eigenvalue weighted by Gasteiger charge is 2.54. The highest BCUT2D eigenvalue weighted by Crippen LogP contribution is 2.66. The van der Waals surface area contributed by atoms with Crippen molar-refractivity contribution in [1.29, 1.82) is 0 Å². The van der Waals surface area contributed by atoms with Crippen LogP contribution in [-0.2, 0) is 10.8 Å². The molecule has 11 aromatic rings. The van der Waals surface area contributed by atoms with Gasteiger partial charge in [-0.1, -0.05) is 207 Å². The molecule has 2 unspecified atom stereocenters. The van der Waals surface area contributed by atoms with Crippen LogP contribution >= 0.6 is 0 Å². The molecular formula is C76H52N2O. The van der Waals surface area contributed by atoms with E-state index in [4.69, 9.17) is 0 Å². The van der Waals surface area contributed by atoms with Crippen molar-refractivity contribution in [3.05, 3.63) is 340 Å². The third-order valence-electron chi connectivity index (χ3n) is 17.8. The number of carbonyl (C=O) groups is 1. The first-order valence-corrected chi connectivity index (χ1v) is 27.7. The van der Waals surface area contributed by atoms with Gasteiger partial charge in [-0.2, -0.15) is 0 Å². The summed E-state index contributed by atoms with van der Waals surface area (Å²) in [6.45, 7) is 2.30. The molecule has 5 aliphatic rings. The number of para-hydroxylation sites is 3. The van der Waals surface area contributed by atoms with E-state index in [-0.39, 0.29) is 5.78 Å². The molecule has 0 saturated heterocycles. The summed E-state index contributed by atoms with van der Waals surface area (Å²) in [5, 5.41) is 0. The van der Waals surface area contributed by atoms with Crippen molar-refractivity contribution in [3.63, 3.8) is 0 Å². The second-order valence-electron chi connectivity index (χ2n) is 21.9. The van der Waals surface area contributed by atoms with E-state index in [0.717, 1.165) is 51.5 Å². The Hall–Kier alpha value is -9.83. The zero-order valence-corrected chi connectivity index (χ0v) is 43.6. The van der Waals surface area contributed by atoms with Crippen molar-refractivity contribution >= 4 is 34.2 Å². The van der Waals surface area contributed by atoms with E-state index in [1.807, 2.05) is 0 Å². The molecule has 2 spiro atoms. The minimum absolute atomic E-state index is 0.00400. The first-order valence-electron chi connectivity index (χ1n) is 27.7. The van der Waals surface area contributed by atoms with Crippen LogP contribution in [0.4, 0.5) is 28.4 Å². The number of allylic oxidation sites excluding steroid dienone is 4. The molecule has 16 rings (SSSR count). The number of nitrogens with zero attached hydrogens (tertiary/aromatic N) is 2. The van der Waals surface area contributed by atoms with Crippen molar-refractivity contribution in [2.45, 2.75) is 24.2 Å². The van der Waals surface area contributed by atoms with Gasteiger partial charge in [0.1, 0.15) is 0 Å². The quantitative estimate of drug-likeness (QED) is 0.142. The van der Waals surface area contributed by atoms with Crippen LogP contribution in [0.5, 0.6) is 0 Å². The van der Waals surface area contributed by atoms with Gasteiger partial charge < -0.3 is 9.80 Å². The van der Waals surface area contributed by atoms with Crippen molar-refractivity contribution in [1.82, 2.24) is 0 Å². The molecule has 11 aromatic carbocycles. The first kappa shape index (κ1) is 45.4. The van der Waals surface area contributed by atoms with Crippen LogP contribution in [0.2, 0.25) is 0 Å². The minimum Gasteiger partial charge on any atom is -0.314 e. The molecule has 0 radical (unpaired) electrons. The molecule has 0 N–H and O–H groups in total. The van der Waals surface area contributed by atoms with Crippen LogP contribution in [0.1, 0.15) is 73.8 Å². The number of fused-ring (bicyclic) bond motifs is 20. The Morgan fingerprint density at radius 1 is 0.342 bits per heavy atom. The SMILES string of the molecule is CC1C=CC=C(N(c2ccccc2)c2ccc3c(c2)C2(c4ccccc4-c4ccc(C(=O)c5ccc6c(c5)C5(c7ccccc7-c7ccccc75)c5ccccc5-6)cc42)c2cc(N(c4ccccc4)c4ccccc4)ccc2-3)C1. The fraction of sp³-hybridized carbons (Fsp3) is 0.0658. The summed E-state index contributed by atoms with van der Waals surface area (Å²) < 4.78 is 0. The fourth-order valence-electron chi connectivity index (χ4n) is 14.6. The topological polar surface area (TPSA) is 23.6 Å². The Morgan fingerprint density at radius 3 is 1.09 bits per heavy atom. The molecule has 0 heterocycles. The third kappa shape index (κ3) is 6.39. The van der Waals surface area contributed by atoms with E-state index in [1.165, 1.54) is 78.0 Å². The highest BCUT2D eigenvalue weighted by atomic mass is 16.1. The third-order valence-corrected chi connectivity index (χ3v) is 17.8. The van der Waals surface area contributed by atoms with Crippen molar-refractivity contribution in [2.75, 3.05) is 9.80 Å². The zero-order chi connectivity index (χ0) is 52.4. The number of benzene rings is 11. The van der Waals surface area contributed by atoms with Gasteiger partial charge >= 0.3 is 0 Å². The molecule has 372 valence electrons. The lowest BCUT2D eigenvalue weighted by Crippen LogP contribution is -2.27. The number of rotatable bonds is 8. The van der Waals surface area contributed by atoms with Crippen LogP contribution < -0.4 is 9.80 Å². The van der Waals surface area contributed by atoms with Gasteiger partial charge in [-0.05, 0) is 180 Å². The molecular weight excluding hydrogens is 957 g/mol. The van der Waals surface area contributed by atoms with E-state index in [1.54, 1.807) is 0 Å². The number of carbonyl (C=O) groups excluding carboxylic acids is 1. The lowest BCUT2D eigenvalue weighted by Gasteiger charge is -2.34.